The lowest BCUT2D eigenvalue weighted by Crippen LogP contribution is -2.71. The summed E-state index contributed by atoms with van der Waals surface area (Å²) in [5.74, 6) is 1.14. The summed E-state index contributed by atoms with van der Waals surface area (Å²) in [7, 11) is 0. The monoisotopic (exact) mass is 196 g/mol. The van der Waals surface area contributed by atoms with Gasteiger partial charge < -0.3 is 10.6 Å². The molecular formula is C11H20N2O. The van der Waals surface area contributed by atoms with Crippen molar-refractivity contribution in [2.75, 3.05) is 13.1 Å². The molecule has 0 unspecified atom stereocenters. The number of carbonyl (C=O) groups excluding carboxylic acids is 1. The maximum absolute atomic E-state index is 11.8. The van der Waals surface area contributed by atoms with Gasteiger partial charge in [0, 0.05) is 19.0 Å². The summed E-state index contributed by atoms with van der Waals surface area (Å²) in [5, 5.41) is 0. The molecule has 2 rings (SSSR count). The fourth-order valence-electron chi connectivity index (χ4n) is 2.10. The normalized spacial score (nSPS) is 25.9. The molecule has 0 atom stereocenters. The highest BCUT2D eigenvalue weighted by molar-refractivity contribution is 5.80. The second-order valence-electron chi connectivity index (χ2n) is 5.21. The summed E-state index contributed by atoms with van der Waals surface area (Å²) in [6.07, 6.45) is 3.41. The number of nitrogens with zero attached hydrogens (tertiary/aromatic N) is 1. The summed E-state index contributed by atoms with van der Waals surface area (Å²) in [6, 6.07) is 0. The van der Waals surface area contributed by atoms with Gasteiger partial charge in [-0.25, -0.2) is 0 Å². The van der Waals surface area contributed by atoms with Crippen LogP contribution in [-0.4, -0.2) is 29.4 Å². The molecule has 2 aliphatic rings. The van der Waals surface area contributed by atoms with Gasteiger partial charge in [-0.15, -0.1) is 0 Å². The molecule has 1 saturated carbocycles. The summed E-state index contributed by atoms with van der Waals surface area (Å²) in [4.78, 5) is 13.7. The molecular weight excluding hydrogens is 176 g/mol. The van der Waals surface area contributed by atoms with E-state index in [1.807, 2.05) is 4.90 Å². The molecule has 0 spiro atoms. The first-order valence-electron chi connectivity index (χ1n) is 5.60. The zero-order valence-corrected chi connectivity index (χ0v) is 9.12. The van der Waals surface area contributed by atoms with Crippen LogP contribution in [0.4, 0.5) is 0 Å². The van der Waals surface area contributed by atoms with Crippen molar-refractivity contribution in [2.45, 2.75) is 38.6 Å². The number of nitrogens with two attached hydrogens (primary N) is 1. The Hall–Kier alpha value is -0.570. The Balaban J connectivity index is 1.84. The van der Waals surface area contributed by atoms with Gasteiger partial charge in [0.15, 0.2) is 0 Å². The molecule has 1 heterocycles. The average Bonchev–Trinajstić information content (AvgIpc) is 1.94. The van der Waals surface area contributed by atoms with Crippen LogP contribution in [0, 0.1) is 11.8 Å². The summed E-state index contributed by atoms with van der Waals surface area (Å²) >= 11 is 0. The van der Waals surface area contributed by atoms with Crippen molar-refractivity contribution < 1.29 is 4.79 Å². The van der Waals surface area contributed by atoms with E-state index >= 15 is 0 Å². The van der Waals surface area contributed by atoms with Crippen LogP contribution in [0.3, 0.4) is 0 Å². The van der Waals surface area contributed by atoms with E-state index in [1.165, 1.54) is 6.42 Å². The molecule has 1 aliphatic carbocycles. The SMILES string of the molecule is CC(C)C1(N)CN(C(=O)C2CCC2)C1. The van der Waals surface area contributed by atoms with E-state index in [1.54, 1.807) is 0 Å². The third-order valence-electron chi connectivity index (χ3n) is 3.89. The summed E-state index contributed by atoms with van der Waals surface area (Å²) in [6.45, 7) is 5.79. The molecule has 0 aromatic heterocycles. The second kappa shape index (κ2) is 3.23. The molecule has 0 aromatic carbocycles. The van der Waals surface area contributed by atoms with E-state index in [4.69, 9.17) is 5.73 Å². The lowest BCUT2D eigenvalue weighted by atomic mass is 9.77. The molecule has 3 nitrogen and oxygen atoms in total. The van der Waals surface area contributed by atoms with Crippen LogP contribution in [0.5, 0.6) is 0 Å². The van der Waals surface area contributed by atoms with E-state index in [0.29, 0.717) is 17.7 Å². The quantitative estimate of drug-likeness (QED) is 0.715. The molecule has 0 radical (unpaired) electrons. The standard InChI is InChI=1S/C11H20N2O/c1-8(2)11(12)6-13(7-11)10(14)9-4-3-5-9/h8-9H,3-7,12H2,1-2H3. The number of carbonyl (C=O) groups is 1. The summed E-state index contributed by atoms with van der Waals surface area (Å²) in [5.41, 5.74) is 6.03. The predicted molar refractivity (Wildman–Crippen MR) is 55.7 cm³/mol. The molecule has 1 saturated heterocycles. The minimum Gasteiger partial charge on any atom is -0.339 e. The van der Waals surface area contributed by atoms with E-state index in [-0.39, 0.29) is 5.54 Å². The van der Waals surface area contributed by atoms with E-state index < -0.39 is 0 Å². The van der Waals surface area contributed by atoms with Gasteiger partial charge in [0.25, 0.3) is 0 Å². The van der Waals surface area contributed by atoms with Crippen molar-refractivity contribution >= 4 is 5.91 Å². The predicted octanol–water partition coefficient (Wildman–Crippen LogP) is 0.982. The Labute approximate surface area is 85.6 Å². The van der Waals surface area contributed by atoms with Crippen LogP contribution in [0.15, 0.2) is 0 Å². The van der Waals surface area contributed by atoms with Crippen LogP contribution in [0.1, 0.15) is 33.1 Å². The molecule has 14 heavy (non-hydrogen) atoms. The highest BCUT2D eigenvalue weighted by atomic mass is 16.2. The first-order chi connectivity index (χ1) is 6.53. The number of hydrogen-bond acceptors (Lipinski definition) is 2. The fourth-order valence-corrected chi connectivity index (χ4v) is 2.10. The average molecular weight is 196 g/mol. The number of amides is 1. The van der Waals surface area contributed by atoms with Gasteiger partial charge in [0.1, 0.15) is 0 Å². The maximum Gasteiger partial charge on any atom is 0.225 e. The van der Waals surface area contributed by atoms with E-state index in [9.17, 15) is 4.79 Å². The van der Waals surface area contributed by atoms with Gasteiger partial charge in [-0.2, -0.15) is 0 Å². The van der Waals surface area contributed by atoms with Crippen LogP contribution >= 0.6 is 0 Å². The van der Waals surface area contributed by atoms with Crippen molar-refractivity contribution in [3.8, 4) is 0 Å². The lowest BCUT2D eigenvalue weighted by molar-refractivity contribution is -0.147. The zero-order valence-electron chi connectivity index (χ0n) is 9.12. The molecule has 80 valence electrons. The molecule has 1 amide bonds. The van der Waals surface area contributed by atoms with Gasteiger partial charge in [-0.3, -0.25) is 4.79 Å². The highest BCUT2D eigenvalue weighted by Crippen LogP contribution is 2.33. The van der Waals surface area contributed by atoms with Gasteiger partial charge >= 0.3 is 0 Å². The molecule has 0 bridgehead atoms. The fraction of sp³-hybridized carbons (Fsp3) is 0.909. The molecule has 1 aliphatic heterocycles. The van der Waals surface area contributed by atoms with Crippen LogP contribution in [-0.2, 0) is 4.79 Å². The van der Waals surface area contributed by atoms with Crippen LogP contribution in [0.25, 0.3) is 0 Å². The Kier molecular flexibility index (Phi) is 2.30. The minimum atomic E-state index is -0.112. The molecule has 0 aromatic rings. The highest BCUT2D eigenvalue weighted by Gasteiger charge is 2.46. The molecule has 3 heteroatoms. The van der Waals surface area contributed by atoms with E-state index in [0.717, 1.165) is 25.9 Å². The molecule has 2 N–H and O–H groups in total. The topological polar surface area (TPSA) is 46.3 Å². The Morgan fingerprint density at radius 1 is 1.43 bits per heavy atom. The van der Waals surface area contributed by atoms with Crippen molar-refractivity contribution in [3.05, 3.63) is 0 Å². The number of rotatable bonds is 2. The number of hydrogen-bond donors (Lipinski definition) is 1. The third kappa shape index (κ3) is 1.44. The van der Waals surface area contributed by atoms with Gasteiger partial charge in [0.05, 0.1) is 5.54 Å². The smallest absolute Gasteiger partial charge is 0.225 e. The van der Waals surface area contributed by atoms with Crippen molar-refractivity contribution in [1.29, 1.82) is 0 Å². The van der Waals surface area contributed by atoms with Crippen LogP contribution < -0.4 is 5.73 Å². The summed E-state index contributed by atoms with van der Waals surface area (Å²) < 4.78 is 0. The van der Waals surface area contributed by atoms with Crippen molar-refractivity contribution in [1.82, 2.24) is 4.90 Å². The Bertz CT molecular complexity index is 240. The zero-order chi connectivity index (χ0) is 10.3. The third-order valence-corrected chi connectivity index (χ3v) is 3.89. The molecule has 2 fully saturated rings. The van der Waals surface area contributed by atoms with Gasteiger partial charge in [-0.1, -0.05) is 20.3 Å². The first-order valence-corrected chi connectivity index (χ1v) is 5.60. The lowest BCUT2D eigenvalue weighted by Gasteiger charge is -2.51. The second-order valence-corrected chi connectivity index (χ2v) is 5.21. The van der Waals surface area contributed by atoms with E-state index in [2.05, 4.69) is 13.8 Å². The number of likely N-dealkylation sites (tertiary alicyclic amines) is 1. The first kappa shape index (κ1) is 9.97. The van der Waals surface area contributed by atoms with Crippen LogP contribution in [0.2, 0.25) is 0 Å². The largest absolute Gasteiger partial charge is 0.339 e. The Morgan fingerprint density at radius 3 is 2.36 bits per heavy atom. The Morgan fingerprint density at radius 2 is 2.00 bits per heavy atom. The van der Waals surface area contributed by atoms with Gasteiger partial charge in [0.2, 0.25) is 5.91 Å². The van der Waals surface area contributed by atoms with Crippen molar-refractivity contribution in [3.63, 3.8) is 0 Å². The van der Waals surface area contributed by atoms with Gasteiger partial charge in [-0.05, 0) is 18.8 Å². The van der Waals surface area contributed by atoms with Crippen molar-refractivity contribution in [2.24, 2.45) is 17.6 Å². The maximum atomic E-state index is 11.8. The minimum absolute atomic E-state index is 0.112.